The molecule has 0 saturated carbocycles. The number of carbonyl (C=O) groups excluding carboxylic acids is 1. The number of ether oxygens (including phenoxy) is 1. The van der Waals surface area contributed by atoms with Gasteiger partial charge in [0.2, 0.25) is 15.9 Å². The Morgan fingerprint density at radius 1 is 1.37 bits per heavy atom. The van der Waals surface area contributed by atoms with Gasteiger partial charge in [0.25, 0.3) is 0 Å². The quantitative estimate of drug-likeness (QED) is 0.651. The fraction of sp³-hybridized carbons (Fsp3) is 0.619. The Morgan fingerprint density at radius 3 is 2.83 bits per heavy atom. The predicted octanol–water partition coefficient (Wildman–Crippen LogP) is 2.31. The van der Waals surface area contributed by atoms with Crippen molar-refractivity contribution in [3.8, 4) is 0 Å². The van der Waals surface area contributed by atoms with Gasteiger partial charge in [-0.2, -0.15) is 0 Å². The number of hydrogen-bond acceptors (Lipinski definition) is 5. The molecule has 1 aliphatic rings. The summed E-state index contributed by atoms with van der Waals surface area (Å²) in [5.41, 5.74) is 1.54. The van der Waals surface area contributed by atoms with Gasteiger partial charge >= 0.3 is 0 Å². The van der Waals surface area contributed by atoms with Gasteiger partial charge < -0.3 is 14.6 Å². The lowest BCUT2D eigenvalue weighted by molar-refractivity contribution is -0.122. The number of sulfonamides is 1. The van der Waals surface area contributed by atoms with Gasteiger partial charge in [-0.1, -0.05) is 13.3 Å². The molecular weight excluding hydrogens is 404 g/mol. The van der Waals surface area contributed by atoms with Crippen LogP contribution in [-0.4, -0.2) is 61.5 Å². The topological polar surface area (TPSA) is 93.5 Å². The largest absolute Gasteiger partial charge is 0.379 e. The van der Waals surface area contributed by atoms with Gasteiger partial charge in [-0.15, -0.1) is 0 Å². The molecule has 1 amide bonds. The zero-order valence-electron chi connectivity index (χ0n) is 18.1. The third-order valence-electron chi connectivity index (χ3n) is 5.41. The molecule has 1 aliphatic heterocycles. The van der Waals surface area contributed by atoms with Crippen molar-refractivity contribution in [3.05, 3.63) is 24.0 Å². The Morgan fingerprint density at radius 2 is 2.17 bits per heavy atom. The Kier molecular flexibility index (Phi) is 7.49. The van der Waals surface area contributed by atoms with E-state index in [-0.39, 0.29) is 16.8 Å². The molecule has 1 aromatic heterocycles. The van der Waals surface area contributed by atoms with Gasteiger partial charge in [0, 0.05) is 40.1 Å². The summed E-state index contributed by atoms with van der Waals surface area (Å²) in [6, 6.07) is 5.15. The van der Waals surface area contributed by atoms with Crippen LogP contribution in [0.4, 0.5) is 0 Å². The smallest absolute Gasteiger partial charge is 0.242 e. The van der Waals surface area contributed by atoms with Gasteiger partial charge in [-0.3, -0.25) is 4.79 Å². The molecule has 0 spiro atoms. The van der Waals surface area contributed by atoms with Crippen LogP contribution in [-0.2, 0) is 32.5 Å². The van der Waals surface area contributed by atoms with E-state index in [4.69, 9.17) is 9.72 Å². The maximum Gasteiger partial charge on any atom is 0.242 e. The summed E-state index contributed by atoms with van der Waals surface area (Å²) < 4.78 is 33.7. The monoisotopic (exact) mass is 436 g/mol. The minimum Gasteiger partial charge on any atom is -0.379 e. The third-order valence-corrected chi connectivity index (χ3v) is 7.22. The van der Waals surface area contributed by atoms with Gasteiger partial charge in [0.05, 0.1) is 28.6 Å². The average Bonchev–Trinajstić information content (AvgIpc) is 3.08. The number of hydrogen-bond donors (Lipinski definition) is 1. The molecule has 0 aliphatic carbocycles. The van der Waals surface area contributed by atoms with Crippen molar-refractivity contribution in [2.45, 2.75) is 62.9 Å². The number of aryl methyl sites for hydroxylation is 2. The van der Waals surface area contributed by atoms with Crippen LogP contribution in [0.25, 0.3) is 11.0 Å². The van der Waals surface area contributed by atoms with Crippen LogP contribution in [0.2, 0.25) is 0 Å². The van der Waals surface area contributed by atoms with Crippen LogP contribution in [0.3, 0.4) is 0 Å². The summed E-state index contributed by atoms with van der Waals surface area (Å²) in [6.07, 6.45) is 4.79. The summed E-state index contributed by atoms with van der Waals surface area (Å²) in [5, 5.41) is 3.04. The van der Waals surface area contributed by atoms with Gasteiger partial charge in [0.15, 0.2) is 0 Å². The first-order valence-electron chi connectivity index (χ1n) is 10.6. The van der Waals surface area contributed by atoms with E-state index in [1.807, 2.05) is 6.07 Å². The number of benzene rings is 1. The zero-order valence-corrected chi connectivity index (χ0v) is 18.9. The molecule has 1 atom stereocenters. The number of unbranched alkanes of at least 4 members (excludes halogenated alkanes) is 1. The molecular formula is C21H32N4O4S. The number of rotatable bonds is 9. The number of aromatic nitrogens is 2. The van der Waals surface area contributed by atoms with Crippen molar-refractivity contribution >= 4 is 27.0 Å². The molecule has 166 valence electrons. The van der Waals surface area contributed by atoms with E-state index < -0.39 is 10.0 Å². The highest BCUT2D eigenvalue weighted by molar-refractivity contribution is 7.89. The number of carbonyl (C=O) groups is 1. The second-order valence-corrected chi connectivity index (χ2v) is 10.1. The lowest BCUT2D eigenvalue weighted by atomic mass is 10.1. The van der Waals surface area contributed by atoms with Crippen LogP contribution in [0.5, 0.6) is 0 Å². The van der Waals surface area contributed by atoms with Crippen LogP contribution in [0.15, 0.2) is 23.1 Å². The van der Waals surface area contributed by atoms with Crippen LogP contribution in [0, 0.1) is 0 Å². The Balaban J connectivity index is 1.80. The molecule has 8 nitrogen and oxygen atoms in total. The first kappa shape index (κ1) is 22.7. The number of nitrogens with zero attached hydrogens (tertiary/aromatic N) is 3. The lowest BCUT2D eigenvalue weighted by Gasteiger charge is -2.23. The second-order valence-electron chi connectivity index (χ2n) is 7.95. The van der Waals surface area contributed by atoms with Gasteiger partial charge in [-0.05, 0) is 37.5 Å². The molecule has 30 heavy (non-hydrogen) atoms. The normalized spacial score (nSPS) is 17.5. The molecule has 0 radical (unpaired) electrons. The van der Waals surface area contributed by atoms with Crippen molar-refractivity contribution in [3.63, 3.8) is 0 Å². The van der Waals surface area contributed by atoms with E-state index in [2.05, 4.69) is 16.8 Å². The summed E-state index contributed by atoms with van der Waals surface area (Å²) in [7, 11) is -0.494. The predicted molar refractivity (Wildman–Crippen MR) is 116 cm³/mol. The fourth-order valence-corrected chi connectivity index (χ4v) is 4.59. The number of amides is 1. The Bertz CT molecular complexity index is 978. The SMILES string of the molecule is CCCCn1c(CCC(=O)NC2CCCOC2)nc2cc(S(=O)(=O)N(C)C)ccc21. The highest BCUT2D eigenvalue weighted by atomic mass is 32.2. The van der Waals surface area contributed by atoms with Crippen LogP contribution < -0.4 is 5.32 Å². The number of nitrogens with one attached hydrogen (secondary N) is 1. The van der Waals surface area contributed by atoms with Crippen LogP contribution in [0.1, 0.15) is 44.9 Å². The van der Waals surface area contributed by atoms with Crippen molar-refractivity contribution in [1.29, 1.82) is 0 Å². The fourth-order valence-electron chi connectivity index (χ4n) is 3.67. The maximum atomic E-state index is 12.5. The highest BCUT2D eigenvalue weighted by Crippen LogP contribution is 2.23. The summed E-state index contributed by atoms with van der Waals surface area (Å²) >= 11 is 0. The summed E-state index contributed by atoms with van der Waals surface area (Å²) in [6.45, 7) is 4.25. The van der Waals surface area contributed by atoms with Crippen molar-refractivity contribution in [2.75, 3.05) is 27.3 Å². The number of imidazole rings is 1. The average molecular weight is 437 g/mol. The van der Waals surface area contributed by atoms with Crippen molar-refractivity contribution < 1.29 is 17.9 Å². The lowest BCUT2D eigenvalue weighted by Crippen LogP contribution is -2.40. The Hall–Kier alpha value is -1.97. The molecule has 3 rings (SSSR count). The first-order chi connectivity index (χ1) is 14.3. The molecule has 9 heteroatoms. The molecule has 1 fully saturated rings. The first-order valence-corrected chi connectivity index (χ1v) is 12.1. The van der Waals surface area contributed by atoms with E-state index in [0.717, 1.165) is 50.2 Å². The molecule has 0 bridgehead atoms. The van der Waals surface area contributed by atoms with Crippen molar-refractivity contribution in [2.24, 2.45) is 0 Å². The third kappa shape index (κ3) is 5.19. The van der Waals surface area contributed by atoms with E-state index in [1.54, 1.807) is 12.1 Å². The highest BCUT2D eigenvalue weighted by Gasteiger charge is 2.21. The Labute approximate surface area is 178 Å². The summed E-state index contributed by atoms with van der Waals surface area (Å²) in [4.78, 5) is 17.3. The van der Waals surface area contributed by atoms with E-state index in [9.17, 15) is 13.2 Å². The minimum atomic E-state index is -3.52. The van der Waals surface area contributed by atoms with Crippen LogP contribution >= 0.6 is 0 Å². The zero-order chi connectivity index (χ0) is 21.7. The van der Waals surface area contributed by atoms with E-state index >= 15 is 0 Å². The van der Waals surface area contributed by atoms with Gasteiger partial charge in [0.1, 0.15) is 5.82 Å². The molecule has 2 heterocycles. The second kappa shape index (κ2) is 9.89. The van der Waals surface area contributed by atoms with E-state index in [0.29, 0.717) is 25.0 Å². The maximum absolute atomic E-state index is 12.5. The molecule has 1 N–H and O–H groups in total. The minimum absolute atomic E-state index is 0.00419. The van der Waals surface area contributed by atoms with E-state index in [1.165, 1.54) is 18.4 Å². The molecule has 1 saturated heterocycles. The number of fused-ring (bicyclic) bond motifs is 1. The van der Waals surface area contributed by atoms with Gasteiger partial charge in [-0.25, -0.2) is 17.7 Å². The van der Waals surface area contributed by atoms with Crippen molar-refractivity contribution in [1.82, 2.24) is 19.2 Å². The molecule has 2 aromatic rings. The summed E-state index contributed by atoms with van der Waals surface area (Å²) in [5.74, 6) is 0.809. The molecule has 1 unspecified atom stereocenters. The standard InChI is InChI=1S/C21H32N4O4S/c1-4-5-12-25-19-9-8-17(30(27,28)24(2)3)14-18(19)23-20(25)10-11-21(26)22-16-7-6-13-29-15-16/h8-9,14,16H,4-7,10-13,15H2,1-3H3,(H,22,26). The molecule has 1 aromatic carbocycles.